The second kappa shape index (κ2) is 6.13. The van der Waals surface area contributed by atoms with Crippen molar-refractivity contribution in [3.05, 3.63) is 89.8 Å². The first kappa shape index (κ1) is 15.8. The van der Waals surface area contributed by atoms with Gasteiger partial charge in [-0.05, 0) is 52.2 Å². The molecular formula is C26H21FN+. The largest absolute Gasteiger partial charge is 0.221 e. The van der Waals surface area contributed by atoms with Crippen LogP contribution in [0.5, 0.6) is 0 Å². The van der Waals surface area contributed by atoms with E-state index in [0.29, 0.717) is 6.04 Å². The number of rotatable bonds is 1. The summed E-state index contributed by atoms with van der Waals surface area (Å²) in [4.78, 5) is 0. The quantitative estimate of drug-likeness (QED) is 0.239. The van der Waals surface area contributed by atoms with Crippen LogP contribution < -0.4 is 4.57 Å². The van der Waals surface area contributed by atoms with Crippen molar-refractivity contribution in [1.82, 2.24) is 0 Å². The van der Waals surface area contributed by atoms with Gasteiger partial charge in [0.2, 0.25) is 5.69 Å². The van der Waals surface area contributed by atoms with Crippen molar-refractivity contribution in [2.24, 2.45) is 7.05 Å². The summed E-state index contributed by atoms with van der Waals surface area (Å²) in [5, 5.41) is 5.87. The second-order valence-corrected chi connectivity index (χ2v) is 7.45. The number of aryl methyl sites for hydroxylation is 1. The van der Waals surface area contributed by atoms with Crippen molar-refractivity contribution in [1.29, 1.82) is 0 Å². The maximum absolute atomic E-state index is 14.1. The van der Waals surface area contributed by atoms with E-state index < -0.39 is 0 Å². The molecule has 1 aromatic heterocycles. The van der Waals surface area contributed by atoms with E-state index in [2.05, 4.69) is 47.9 Å². The van der Waals surface area contributed by atoms with E-state index in [9.17, 15) is 4.39 Å². The summed E-state index contributed by atoms with van der Waals surface area (Å²) < 4.78 is 25.0. The topological polar surface area (TPSA) is 3.88 Å². The molecular weight excluding hydrogens is 345 g/mol. The van der Waals surface area contributed by atoms with Crippen molar-refractivity contribution in [2.75, 3.05) is 0 Å². The van der Waals surface area contributed by atoms with Crippen molar-refractivity contribution in [3.63, 3.8) is 0 Å². The van der Waals surface area contributed by atoms with Gasteiger partial charge < -0.3 is 0 Å². The van der Waals surface area contributed by atoms with Crippen molar-refractivity contribution in [2.45, 2.75) is 13.8 Å². The van der Waals surface area contributed by atoms with Crippen LogP contribution in [0.2, 0.25) is 0 Å². The fourth-order valence-corrected chi connectivity index (χ4v) is 4.23. The molecule has 0 saturated heterocycles. The normalized spacial score (nSPS) is 12.1. The van der Waals surface area contributed by atoms with Gasteiger partial charge in [-0.1, -0.05) is 48.5 Å². The summed E-state index contributed by atoms with van der Waals surface area (Å²) >= 11 is 0. The third kappa shape index (κ3) is 2.41. The molecule has 0 N–H and O–H groups in total. The van der Waals surface area contributed by atoms with E-state index in [0.717, 1.165) is 38.5 Å². The van der Waals surface area contributed by atoms with Gasteiger partial charge in [-0.15, -0.1) is 0 Å². The number of hydrogen-bond acceptors (Lipinski definition) is 0. The van der Waals surface area contributed by atoms with Gasteiger partial charge in [-0.3, -0.25) is 0 Å². The average Bonchev–Trinajstić information content (AvgIpc) is 2.73. The van der Waals surface area contributed by atoms with E-state index in [1.165, 1.54) is 22.4 Å². The summed E-state index contributed by atoms with van der Waals surface area (Å²) in [6.07, 6.45) is 0. The first-order chi connectivity index (χ1) is 14.0. The number of pyridine rings is 1. The monoisotopic (exact) mass is 367 g/mol. The molecule has 2 heteroatoms. The molecule has 0 amide bonds. The molecule has 0 atom stereocenters. The number of fused-ring (bicyclic) bond motifs is 4. The molecule has 0 aliphatic carbocycles. The van der Waals surface area contributed by atoms with Crippen LogP contribution >= 0.6 is 0 Å². The van der Waals surface area contributed by atoms with Gasteiger partial charge in [-0.2, -0.15) is 4.57 Å². The van der Waals surface area contributed by atoms with E-state index >= 15 is 0 Å². The highest BCUT2D eigenvalue weighted by atomic mass is 19.1. The lowest BCUT2D eigenvalue weighted by molar-refractivity contribution is -0.665. The molecule has 136 valence electrons. The Morgan fingerprint density at radius 1 is 0.786 bits per heavy atom. The van der Waals surface area contributed by atoms with Gasteiger partial charge in [0.05, 0.1) is 12.3 Å². The Labute approximate surface area is 165 Å². The van der Waals surface area contributed by atoms with Crippen LogP contribution in [0.1, 0.15) is 12.6 Å². The van der Waals surface area contributed by atoms with Gasteiger partial charge in [-0.25, -0.2) is 4.39 Å². The number of aromatic nitrogens is 1. The van der Waals surface area contributed by atoms with Crippen molar-refractivity contribution in [3.8, 4) is 11.3 Å². The standard InChI is InChI=1S/C26H21FN/c1-16-8-9-18-6-4-5-7-21(18)25(16)26-22-13-11-19-10-12-20(27)15-23(19)24(22)14-17(2)28(26)3/h4-15H,1-3H3/q+1/i14D. The van der Waals surface area contributed by atoms with Crippen LogP contribution in [0, 0.1) is 19.7 Å². The molecule has 0 saturated carbocycles. The zero-order chi connectivity index (χ0) is 20.3. The number of nitrogens with zero attached hydrogens (tertiary/aromatic N) is 1. The number of halogens is 1. The Kier molecular flexibility index (Phi) is 3.45. The summed E-state index contributed by atoms with van der Waals surface area (Å²) in [6, 6.07) is 22.0. The molecule has 0 aliphatic rings. The van der Waals surface area contributed by atoms with Crippen LogP contribution in [0.4, 0.5) is 4.39 Å². The Hall–Kier alpha value is -3.26. The molecule has 1 heterocycles. The third-order valence-corrected chi connectivity index (χ3v) is 5.76. The first-order valence-corrected chi connectivity index (χ1v) is 9.47. The minimum atomic E-state index is -0.279. The van der Waals surface area contributed by atoms with Crippen molar-refractivity contribution >= 4 is 32.3 Å². The molecule has 0 bridgehead atoms. The van der Waals surface area contributed by atoms with Crippen LogP contribution in [0.3, 0.4) is 0 Å². The van der Waals surface area contributed by atoms with Gasteiger partial charge in [0, 0.05) is 18.4 Å². The molecule has 1 nitrogen and oxygen atoms in total. The summed E-state index contributed by atoms with van der Waals surface area (Å²) in [5.41, 5.74) is 4.26. The highest BCUT2D eigenvalue weighted by molar-refractivity contribution is 6.13. The van der Waals surface area contributed by atoms with Crippen LogP contribution in [-0.4, -0.2) is 0 Å². The van der Waals surface area contributed by atoms with Crippen LogP contribution in [0.15, 0.2) is 72.8 Å². The van der Waals surface area contributed by atoms with Gasteiger partial charge in [0.25, 0.3) is 0 Å². The summed E-state index contributed by atoms with van der Waals surface area (Å²) in [5.74, 6) is -0.279. The van der Waals surface area contributed by atoms with Crippen LogP contribution in [0.25, 0.3) is 43.6 Å². The fourth-order valence-electron chi connectivity index (χ4n) is 4.23. The Morgan fingerprint density at radius 3 is 2.36 bits per heavy atom. The Morgan fingerprint density at radius 2 is 1.50 bits per heavy atom. The maximum atomic E-state index is 14.1. The maximum Gasteiger partial charge on any atom is 0.221 e. The predicted molar refractivity (Wildman–Crippen MR) is 115 cm³/mol. The van der Waals surface area contributed by atoms with Crippen molar-refractivity contribution < 1.29 is 10.3 Å². The van der Waals surface area contributed by atoms with E-state index in [-0.39, 0.29) is 5.82 Å². The highest BCUT2D eigenvalue weighted by Gasteiger charge is 2.22. The molecule has 0 radical (unpaired) electrons. The van der Waals surface area contributed by atoms with E-state index in [1.54, 1.807) is 12.1 Å². The molecule has 0 spiro atoms. The molecule has 0 fully saturated rings. The number of hydrogen-bond donors (Lipinski definition) is 0. The van der Waals surface area contributed by atoms with Gasteiger partial charge >= 0.3 is 0 Å². The second-order valence-electron chi connectivity index (χ2n) is 7.45. The third-order valence-electron chi connectivity index (χ3n) is 5.76. The van der Waals surface area contributed by atoms with Gasteiger partial charge in [0.15, 0.2) is 5.69 Å². The zero-order valence-electron chi connectivity index (χ0n) is 17.2. The fraction of sp³-hybridized carbons (Fsp3) is 0.115. The van der Waals surface area contributed by atoms with Gasteiger partial charge in [0.1, 0.15) is 12.9 Å². The van der Waals surface area contributed by atoms with Crippen LogP contribution in [-0.2, 0) is 7.05 Å². The number of benzene rings is 4. The Balaban J connectivity index is 2.05. The molecule has 5 aromatic rings. The lowest BCUT2D eigenvalue weighted by Crippen LogP contribution is -2.35. The molecule has 0 aliphatic heterocycles. The molecule has 4 aromatic carbocycles. The van der Waals surface area contributed by atoms with E-state index in [4.69, 9.17) is 1.37 Å². The smallest absolute Gasteiger partial charge is 0.207 e. The highest BCUT2D eigenvalue weighted by Crippen LogP contribution is 2.36. The average molecular weight is 367 g/mol. The summed E-state index contributed by atoms with van der Waals surface area (Å²) in [6.45, 7) is 4.09. The van der Waals surface area contributed by atoms with E-state index in [1.807, 2.05) is 26.1 Å². The first-order valence-electron chi connectivity index (χ1n) is 9.97. The zero-order valence-corrected chi connectivity index (χ0v) is 16.2. The minimum Gasteiger partial charge on any atom is -0.207 e. The Bertz CT molecular complexity index is 1450. The lowest BCUT2D eigenvalue weighted by atomic mass is 9.92. The molecule has 0 unspecified atom stereocenters. The minimum absolute atomic E-state index is 0.279. The molecule has 5 rings (SSSR count). The SMILES string of the molecule is [2H]c1c(C)[n+](C)c(-c2c(C)ccc3ccccc23)c2ccc3ccc(F)cc3c12. The predicted octanol–water partition coefficient (Wildman–Crippen LogP) is 6.39. The lowest BCUT2D eigenvalue weighted by Gasteiger charge is -2.14. The molecule has 28 heavy (non-hydrogen) atoms. The summed E-state index contributed by atoms with van der Waals surface area (Å²) in [7, 11) is 2.01.